The molecular weight excluding hydrogens is 413 g/mol. The summed E-state index contributed by atoms with van der Waals surface area (Å²) in [5.41, 5.74) is -1.18. The maximum atomic E-state index is 12.4. The zero-order chi connectivity index (χ0) is 17.5. The minimum Gasteiger partial charge on any atom is -0.464 e. The number of nitrogens with one attached hydrogen (secondary N) is 1. The van der Waals surface area contributed by atoms with Crippen molar-refractivity contribution in [3.8, 4) is 0 Å². The Morgan fingerprint density at radius 3 is 1.91 bits per heavy atom. The molecule has 0 unspecified atom stereocenters. The van der Waals surface area contributed by atoms with Gasteiger partial charge in [0.2, 0.25) is 11.4 Å². The van der Waals surface area contributed by atoms with Gasteiger partial charge >= 0.3 is 11.9 Å². The van der Waals surface area contributed by atoms with Crippen LogP contribution in [0, 0.1) is 3.57 Å². The number of esters is 2. The van der Waals surface area contributed by atoms with Gasteiger partial charge in [-0.3, -0.25) is 4.79 Å². The van der Waals surface area contributed by atoms with Gasteiger partial charge in [0.05, 0.1) is 13.2 Å². The van der Waals surface area contributed by atoms with Gasteiger partial charge < -0.3 is 14.8 Å². The lowest BCUT2D eigenvalue weighted by molar-refractivity contribution is -0.168. The monoisotopic (exact) mass is 433 g/mol. The highest BCUT2D eigenvalue weighted by Gasteiger charge is 2.50. The fraction of sp³-hybridized carbons (Fsp3) is 0.438. The van der Waals surface area contributed by atoms with Gasteiger partial charge in [0.1, 0.15) is 0 Å². The third-order valence-corrected chi connectivity index (χ3v) is 3.74. The molecule has 23 heavy (non-hydrogen) atoms. The standard InChI is InChI=1S/C16H20INO5/c1-4-22-14(20)16(18-11(3)19,15(21)23-5-2)10-12-6-8-13(17)9-7-12/h6-9H,4-5,10H2,1-3H3,(H,18,19). The Balaban J connectivity index is 3.28. The molecule has 0 aliphatic carbocycles. The molecule has 0 spiro atoms. The van der Waals surface area contributed by atoms with Gasteiger partial charge in [-0.15, -0.1) is 0 Å². The predicted molar refractivity (Wildman–Crippen MR) is 92.7 cm³/mol. The zero-order valence-electron chi connectivity index (χ0n) is 13.3. The number of hydrogen-bond acceptors (Lipinski definition) is 5. The second-order valence-corrected chi connectivity index (χ2v) is 6.08. The lowest BCUT2D eigenvalue weighted by Crippen LogP contribution is -2.62. The number of carbonyl (C=O) groups is 3. The Bertz CT molecular complexity index is 552. The van der Waals surface area contributed by atoms with E-state index in [9.17, 15) is 14.4 Å². The predicted octanol–water partition coefficient (Wildman–Crippen LogP) is 1.83. The summed E-state index contributed by atoms with van der Waals surface area (Å²) in [6.45, 7) is 4.68. The van der Waals surface area contributed by atoms with Crippen LogP contribution < -0.4 is 5.32 Å². The number of ether oxygens (including phenoxy) is 2. The van der Waals surface area contributed by atoms with Gasteiger partial charge in [-0.25, -0.2) is 9.59 Å². The molecule has 7 heteroatoms. The van der Waals surface area contributed by atoms with E-state index in [1.165, 1.54) is 6.92 Å². The number of carbonyl (C=O) groups excluding carboxylic acids is 3. The maximum absolute atomic E-state index is 12.4. The SMILES string of the molecule is CCOC(=O)C(Cc1ccc(I)cc1)(NC(C)=O)C(=O)OCC. The van der Waals surface area contributed by atoms with E-state index in [1.54, 1.807) is 26.0 Å². The van der Waals surface area contributed by atoms with Gasteiger partial charge in [0, 0.05) is 16.9 Å². The fourth-order valence-electron chi connectivity index (χ4n) is 2.09. The summed E-state index contributed by atoms with van der Waals surface area (Å²) in [5.74, 6) is -2.17. The highest BCUT2D eigenvalue weighted by Crippen LogP contribution is 2.19. The molecular formula is C16H20INO5. The Labute approximate surface area is 149 Å². The summed E-state index contributed by atoms with van der Waals surface area (Å²) >= 11 is 2.15. The second-order valence-electron chi connectivity index (χ2n) is 4.83. The van der Waals surface area contributed by atoms with Crippen LogP contribution in [0.15, 0.2) is 24.3 Å². The van der Waals surface area contributed by atoms with Gasteiger partial charge in [0.25, 0.3) is 0 Å². The van der Waals surface area contributed by atoms with E-state index < -0.39 is 23.4 Å². The molecule has 126 valence electrons. The molecule has 0 saturated carbocycles. The lowest BCUT2D eigenvalue weighted by Gasteiger charge is -2.29. The molecule has 0 heterocycles. The third kappa shape index (κ3) is 5.19. The van der Waals surface area contributed by atoms with E-state index in [-0.39, 0.29) is 19.6 Å². The van der Waals surface area contributed by atoms with Crippen molar-refractivity contribution in [2.75, 3.05) is 13.2 Å². The number of amides is 1. The van der Waals surface area contributed by atoms with Crippen molar-refractivity contribution < 1.29 is 23.9 Å². The first-order valence-electron chi connectivity index (χ1n) is 7.23. The molecule has 1 aromatic rings. The summed E-state index contributed by atoms with van der Waals surface area (Å²) in [4.78, 5) is 36.5. The molecule has 1 rings (SSSR count). The van der Waals surface area contributed by atoms with Gasteiger partial charge in [0.15, 0.2) is 0 Å². The van der Waals surface area contributed by atoms with Crippen LogP contribution in [0.3, 0.4) is 0 Å². The summed E-state index contributed by atoms with van der Waals surface area (Å²) < 4.78 is 11.0. The summed E-state index contributed by atoms with van der Waals surface area (Å²) in [7, 11) is 0. The average Bonchev–Trinajstić information content (AvgIpc) is 2.48. The van der Waals surface area contributed by atoms with Gasteiger partial charge in [-0.05, 0) is 54.1 Å². The minimum absolute atomic E-state index is 0.0405. The first-order chi connectivity index (χ1) is 10.9. The molecule has 6 nitrogen and oxygen atoms in total. The van der Waals surface area contributed by atoms with Crippen molar-refractivity contribution in [2.45, 2.75) is 32.7 Å². The Morgan fingerprint density at radius 2 is 1.52 bits per heavy atom. The van der Waals surface area contributed by atoms with E-state index in [4.69, 9.17) is 9.47 Å². The van der Waals surface area contributed by atoms with E-state index in [1.807, 2.05) is 12.1 Å². The van der Waals surface area contributed by atoms with Crippen molar-refractivity contribution in [1.82, 2.24) is 5.32 Å². The number of benzene rings is 1. The van der Waals surface area contributed by atoms with E-state index in [2.05, 4.69) is 27.9 Å². The van der Waals surface area contributed by atoms with Crippen molar-refractivity contribution in [2.24, 2.45) is 0 Å². The first kappa shape index (κ1) is 19.4. The van der Waals surface area contributed by atoms with Crippen molar-refractivity contribution >= 4 is 40.4 Å². The number of halogens is 1. The normalized spacial score (nSPS) is 10.8. The molecule has 1 amide bonds. The molecule has 1 N–H and O–H groups in total. The van der Waals surface area contributed by atoms with Crippen LogP contribution in [-0.2, 0) is 30.3 Å². The van der Waals surface area contributed by atoms with Crippen LogP contribution in [0.2, 0.25) is 0 Å². The van der Waals surface area contributed by atoms with E-state index in [0.29, 0.717) is 5.56 Å². The van der Waals surface area contributed by atoms with Crippen molar-refractivity contribution in [3.05, 3.63) is 33.4 Å². The van der Waals surface area contributed by atoms with E-state index >= 15 is 0 Å². The Morgan fingerprint density at radius 1 is 1.04 bits per heavy atom. The van der Waals surface area contributed by atoms with E-state index in [0.717, 1.165) is 3.57 Å². The van der Waals surface area contributed by atoms with Crippen LogP contribution >= 0.6 is 22.6 Å². The number of hydrogen-bond donors (Lipinski definition) is 1. The molecule has 0 bridgehead atoms. The van der Waals surface area contributed by atoms with Gasteiger partial charge in [-0.2, -0.15) is 0 Å². The summed E-state index contributed by atoms with van der Waals surface area (Å²) in [6.07, 6.45) is -0.0405. The molecule has 0 aliphatic heterocycles. The molecule has 0 aliphatic rings. The van der Waals surface area contributed by atoms with Crippen LogP contribution in [0.4, 0.5) is 0 Å². The first-order valence-corrected chi connectivity index (χ1v) is 8.31. The van der Waals surface area contributed by atoms with Crippen molar-refractivity contribution in [3.63, 3.8) is 0 Å². The lowest BCUT2D eigenvalue weighted by atomic mass is 9.90. The van der Waals surface area contributed by atoms with Crippen LogP contribution in [-0.4, -0.2) is 36.6 Å². The third-order valence-electron chi connectivity index (χ3n) is 3.02. The Hall–Kier alpha value is -1.64. The molecule has 0 radical (unpaired) electrons. The van der Waals surface area contributed by atoms with Gasteiger partial charge in [-0.1, -0.05) is 12.1 Å². The summed E-state index contributed by atoms with van der Waals surface area (Å²) in [5, 5.41) is 2.44. The largest absolute Gasteiger partial charge is 0.464 e. The number of rotatable bonds is 7. The summed E-state index contributed by atoms with van der Waals surface area (Å²) in [6, 6.07) is 7.28. The topological polar surface area (TPSA) is 81.7 Å². The molecule has 0 aromatic heterocycles. The Kier molecular flexibility index (Phi) is 7.47. The van der Waals surface area contributed by atoms with Crippen LogP contribution in [0.5, 0.6) is 0 Å². The molecule has 0 saturated heterocycles. The van der Waals surface area contributed by atoms with Crippen molar-refractivity contribution in [1.29, 1.82) is 0 Å². The zero-order valence-corrected chi connectivity index (χ0v) is 15.5. The highest BCUT2D eigenvalue weighted by molar-refractivity contribution is 14.1. The molecule has 0 fully saturated rings. The van der Waals surface area contributed by atoms with Crippen LogP contribution in [0.25, 0.3) is 0 Å². The molecule has 1 aromatic carbocycles. The smallest absolute Gasteiger partial charge is 0.344 e. The quantitative estimate of drug-likeness (QED) is 0.403. The fourth-order valence-corrected chi connectivity index (χ4v) is 2.45. The average molecular weight is 433 g/mol. The molecule has 0 atom stereocenters. The maximum Gasteiger partial charge on any atom is 0.344 e. The minimum atomic E-state index is -1.88. The van der Waals surface area contributed by atoms with Crippen LogP contribution in [0.1, 0.15) is 26.3 Å². The second kappa shape index (κ2) is 8.85. The highest BCUT2D eigenvalue weighted by atomic mass is 127.